The van der Waals surface area contributed by atoms with E-state index in [9.17, 15) is 14.4 Å². The number of carboxylic acid groups (broad SMARTS) is 1. The van der Waals surface area contributed by atoms with Gasteiger partial charge in [0.25, 0.3) is 5.91 Å². The first-order valence-corrected chi connectivity index (χ1v) is 8.96. The van der Waals surface area contributed by atoms with Gasteiger partial charge in [0.1, 0.15) is 6.54 Å². The molecule has 0 saturated carbocycles. The molecule has 6 nitrogen and oxygen atoms in total. The van der Waals surface area contributed by atoms with Gasteiger partial charge in [-0.25, -0.2) is 0 Å². The van der Waals surface area contributed by atoms with E-state index in [1.54, 1.807) is 0 Å². The van der Waals surface area contributed by atoms with Gasteiger partial charge in [0.05, 0.1) is 4.88 Å². The number of carbonyl (C=O) groups is 3. The lowest BCUT2D eigenvalue weighted by Crippen LogP contribution is -2.43. The normalized spacial score (nSPS) is 18.1. The third kappa shape index (κ3) is 4.35. The minimum atomic E-state index is -1.01. The Labute approximate surface area is 146 Å². The van der Waals surface area contributed by atoms with Gasteiger partial charge in [-0.05, 0) is 44.7 Å². The quantitative estimate of drug-likeness (QED) is 0.902. The van der Waals surface area contributed by atoms with Crippen LogP contribution in [0.5, 0.6) is 0 Å². The molecule has 1 aliphatic heterocycles. The third-order valence-corrected chi connectivity index (χ3v) is 5.65. The molecule has 0 spiro atoms. The maximum absolute atomic E-state index is 12.7. The number of thiophene rings is 1. The SMILES string of the molecule is CC(=O)N(CC(=O)O)C1CCCN(C(=O)c2cc(C)c(C)s2)CC1. The fraction of sp³-hybridized carbons (Fsp3) is 0.588. The summed E-state index contributed by atoms with van der Waals surface area (Å²) in [6.07, 6.45) is 2.10. The topological polar surface area (TPSA) is 77.9 Å². The van der Waals surface area contributed by atoms with Crippen LogP contribution in [-0.4, -0.2) is 58.4 Å². The van der Waals surface area contributed by atoms with Crippen molar-refractivity contribution in [3.05, 3.63) is 21.4 Å². The van der Waals surface area contributed by atoms with Gasteiger partial charge in [0, 0.05) is 30.9 Å². The van der Waals surface area contributed by atoms with E-state index in [1.807, 2.05) is 24.8 Å². The molecule has 1 unspecified atom stereocenters. The second-order valence-electron chi connectivity index (χ2n) is 6.27. The standard InChI is InChI=1S/C17H24N2O4S/c1-11-9-15(24-12(11)2)17(23)18-7-4-5-14(6-8-18)19(13(3)20)10-16(21)22/h9,14H,4-8,10H2,1-3H3,(H,21,22). The maximum Gasteiger partial charge on any atom is 0.323 e. The first-order valence-electron chi connectivity index (χ1n) is 8.15. The number of likely N-dealkylation sites (tertiary alicyclic amines) is 1. The number of hydrogen-bond donors (Lipinski definition) is 1. The Bertz CT molecular complexity index is 621. The van der Waals surface area contributed by atoms with E-state index >= 15 is 0 Å². The number of amides is 2. The Morgan fingerprint density at radius 3 is 2.54 bits per heavy atom. The van der Waals surface area contributed by atoms with Crippen LogP contribution in [0.25, 0.3) is 0 Å². The predicted octanol–water partition coefficient (Wildman–Crippen LogP) is 2.29. The van der Waals surface area contributed by atoms with Crippen molar-refractivity contribution in [1.82, 2.24) is 9.80 Å². The van der Waals surface area contributed by atoms with Crippen molar-refractivity contribution in [2.45, 2.75) is 46.1 Å². The van der Waals surface area contributed by atoms with Crippen LogP contribution in [0.1, 0.15) is 46.3 Å². The molecule has 24 heavy (non-hydrogen) atoms. The summed E-state index contributed by atoms with van der Waals surface area (Å²) in [6, 6.07) is 1.81. The summed E-state index contributed by atoms with van der Waals surface area (Å²) in [5, 5.41) is 8.99. The van der Waals surface area contributed by atoms with E-state index in [-0.39, 0.29) is 24.4 Å². The third-order valence-electron chi connectivity index (χ3n) is 4.51. The summed E-state index contributed by atoms with van der Waals surface area (Å²) in [5.74, 6) is -1.21. The fourth-order valence-electron chi connectivity index (χ4n) is 3.07. The van der Waals surface area contributed by atoms with Crippen LogP contribution in [0.4, 0.5) is 0 Å². The molecule has 1 saturated heterocycles. The van der Waals surface area contributed by atoms with E-state index in [0.29, 0.717) is 19.5 Å². The van der Waals surface area contributed by atoms with Gasteiger partial charge in [-0.15, -0.1) is 11.3 Å². The Morgan fingerprint density at radius 1 is 1.29 bits per heavy atom. The van der Waals surface area contributed by atoms with Crippen LogP contribution in [0.3, 0.4) is 0 Å². The summed E-state index contributed by atoms with van der Waals surface area (Å²) in [4.78, 5) is 40.5. The molecule has 2 rings (SSSR count). The van der Waals surface area contributed by atoms with Crippen LogP contribution in [0.2, 0.25) is 0 Å². The molecule has 1 aromatic rings. The largest absolute Gasteiger partial charge is 0.480 e. The number of hydrogen-bond acceptors (Lipinski definition) is 4. The van der Waals surface area contributed by atoms with Crippen molar-refractivity contribution in [2.24, 2.45) is 0 Å². The lowest BCUT2D eigenvalue weighted by atomic mass is 10.1. The second-order valence-corrected chi connectivity index (χ2v) is 7.52. The Hall–Kier alpha value is -1.89. The van der Waals surface area contributed by atoms with E-state index < -0.39 is 5.97 Å². The number of rotatable bonds is 4. The highest BCUT2D eigenvalue weighted by molar-refractivity contribution is 7.14. The molecule has 132 valence electrons. The van der Waals surface area contributed by atoms with Gasteiger partial charge in [-0.1, -0.05) is 0 Å². The minimum absolute atomic E-state index is 0.0319. The van der Waals surface area contributed by atoms with E-state index in [0.717, 1.165) is 28.2 Å². The van der Waals surface area contributed by atoms with Crippen molar-refractivity contribution in [1.29, 1.82) is 0 Å². The molecule has 1 N–H and O–H groups in total. The van der Waals surface area contributed by atoms with Crippen LogP contribution >= 0.6 is 11.3 Å². The van der Waals surface area contributed by atoms with Gasteiger partial charge >= 0.3 is 5.97 Å². The molecule has 2 heterocycles. The first-order chi connectivity index (χ1) is 11.3. The monoisotopic (exact) mass is 352 g/mol. The van der Waals surface area contributed by atoms with Crippen LogP contribution in [0, 0.1) is 13.8 Å². The summed E-state index contributed by atoms with van der Waals surface area (Å²) < 4.78 is 0. The van der Waals surface area contributed by atoms with Gasteiger partial charge in [0.15, 0.2) is 0 Å². The molecule has 1 aromatic heterocycles. The number of nitrogens with zero attached hydrogens (tertiary/aromatic N) is 2. The molecule has 0 bridgehead atoms. The minimum Gasteiger partial charge on any atom is -0.480 e. The predicted molar refractivity (Wildman–Crippen MR) is 92.4 cm³/mol. The average Bonchev–Trinajstić information content (AvgIpc) is 2.73. The molecule has 7 heteroatoms. The highest BCUT2D eigenvalue weighted by Gasteiger charge is 2.28. The van der Waals surface area contributed by atoms with Crippen molar-refractivity contribution >= 4 is 29.1 Å². The van der Waals surface area contributed by atoms with Gasteiger partial charge in [-0.3, -0.25) is 14.4 Å². The van der Waals surface area contributed by atoms with Gasteiger partial charge in [-0.2, -0.15) is 0 Å². The van der Waals surface area contributed by atoms with Crippen LogP contribution < -0.4 is 0 Å². The van der Waals surface area contributed by atoms with Crippen molar-refractivity contribution in [3.8, 4) is 0 Å². The summed E-state index contributed by atoms with van der Waals surface area (Å²) in [5.41, 5.74) is 1.13. The molecule has 1 fully saturated rings. The fourth-order valence-corrected chi connectivity index (χ4v) is 4.07. The molecular weight excluding hydrogens is 328 g/mol. The highest BCUT2D eigenvalue weighted by atomic mass is 32.1. The summed E-state index contributed by atoms with van der Waals surface area (Å²) in [6.45, 7) is 6.31. The van der Waals surface area contributed by atoms with Gasteiger partial charge < -0.3 is 14.9 Å². The zero-order valence-corrected chi connectivity index (χ0v) is 15.2. The van der Waals surface area contributed by atoms with Crippen molar-refractivity contribution in [2.75, 3.05) is 19.6 Å². The summed E-state index contributed by atoms with van der Waals surface area (Å²) in [7, 11) is 0. The first kappa shape index (κ1) is 18.4. The molecule has 0 radical (unpaired) electrons. The van der Waals surface area contributed by atoms with Crippen molar-refractivity contribution in [3.63, 3.8) is 0 Å². The molecule has 1 aliphatic rings. The van der Waals surface area contributed by atoms with Crippen LogP contribution in [0.15, 0.2) is 6.07 Å². The van der Waals surface area contributed by atoms with Gasteiger partial charge in [0.2, 0.25) is 5.91 Å². The molecule has 1 atom stereocenters. The summed E-state index contributed by atoms with van der Waals surface area (Å²) >= 11 is 1.51. The lowest BCUT2D eigenvalue weighted by Gasteiger charge is -2.28. The Balaban J connectivity index is 2.05. The Morgan fingerprint density at radius 2 is 2.00 bits per heavy atom. The number of aliphatic carboxylic acids is 1. The number of aryl methyl sites for hydroxylation is 2. The number of carboxylic acids is 1. The van der Waals surface area contributed by atoms with E-state index in [4.69, 9.17) is 5.11 Å². The second kappa shape index (κ2) is 7.79. The van der Waals surface area contributed by atoms with Crippen molar-refractivity contribution < 1.29 is 19.5 Å². The maximum atomic E-state index is 12.7. The Kier molecular flexibility index (Phi) is 5.99. The zero-order valence-electron chi connectivity index (χ0n) is 14.4. The molecular formula is C17H24N2O4S. The molecule has 0 aliphatic carbocycles. The molecule has 2 amide bonds. The van der Waals surface area contributed by atoms with E-state index in [1.165, 1.54) is 23.2 Å². The van der Waals surface area contributed by atoms with E-state index in [2.05, 4.69) is 0 Å². The lowest BCUT2D eigenvalue weighted by molar-refractivity contribution is -0.145. The average molecular weight is 352 g/mol. The smallest absolute Gasteiger partial charge is 0.323 e. The van der Waals surface area contributed by atoms with Crippen LogP contribution in [-0.2, 0) is 9.59 Å². The number of carbonyl (C=O) groups excluding carboxylic acids is 2. The zero-order chi connectivity index (χ0) is 17.9. The highest BCUT2D eigenvalue weighted by Crippen LogP contribution is 2.24. The molecule has 0 aromatic carbocycles.